The van der Waals surface area contributed by atoms with Gasteiger partial charge < -0.3 is 0 Å². The van der Waals surface area contributed by atoms with Gasteiger partial charge in [-0.2, -0.15) is 5.10 Å². The summed E-state index contributed by atoms with van der Waals surface area (Å²) >= 11 is 5.90. The van der Waals surface area contributed by atoms with Gasteiger partial charge in [0.15, 0.2) is 4.90 Å². The first kappa shape index (κ1) is 22.9. The SMILES string of the molecule is O=C(CN(c1ccccc1)S(=O)(=O)c1ccccc1[N+](=O)[O-])N/N=C/c1cccc(Cl)c1. The fraction of sp³-hybridized carbons (Fsp3) is 0.0476. The van der Waals surface area contributed by atoms with Crippen molar-refractivity contribution >= 4 is 45.1 Å². The molecule has 0 bridgehead atoms. The molecule has 3 aromatic carbocycles. The highest BCUT2D eigenvalue weighted by Gasteiger charge is 2.32. The summed E-state index contributed by atoms with van der Waals surface area (Å²) in [5.74, 6) is -0.741. The Morgan fingerprint density at radius 1 is 1.06 bits per heavy atom. The largest absolute Gasteiger partial charge is 0.289 e. The lowest BCUT2D eigenvalue weighted by atomic mass is 10.2. The fourth-order valence-corrected chi connectivity index (χ4v) is 4.57. The van der Waals surface area contributed by atoms with E-state index in [-0.39, 0.29) is 5.69 Å². The number of nitrogens with one attached hydrogen (secondary N) is 1. The van der Waals surface area contributed by atoms with Crippen LogP contribution in [-0.2, 0) is 14.8 Å². The first-order chi connectivity index (χ1) is 15.3. The average Bonchev–Trinajstić information content (AvgIpc) is 2.78. The number of anilines is 1. The summed E-state index contributed by atoms with van der Waals surface area (Å²) in [5.41, 5.74) is 2.47. The van der Waals surface area contributed by atoms with E-state index in [2.05, 4.69) is 10.5 Å². The first-order valence-corrected chi connectivity index (χ1v) is 11.0. The highest BCUT2D eigenvalue weighted by Crippen LogP contribution is 2.29. The summed E-state index contributed by atoms with van der Waals surface area (Å²) in [6.45, 7) is -0.648. The van der Waals surface area contributed by atoms with Crippen LogP contribution in [0.5, 0.6) is 0 Å². The number of hydrogen-bond acceptors (Lipinski definition) is 6. The Hall–Kier alpha value is -3.76. The van der Waals surface area contributed by atoms with Crippen LogP contribution in [-0.4, -0.2) is 32.0 Å². The molecule has 3 rings (SSSR count). The Kier molecular flexibility index (Phi) is 7.18. The van der Waals surface area contributed by atoms with Crippen molar-refractivity contribution in [1.82, 2.24) is 5.43 Å². The third-order valence-corrected chi connectivity index (χ3v) is 6.27. The minimum atomic E-state index is -4.45. The Balaban J connectivity index is 1.89. The van der Waals surface area contributed by atoms with Gasteiger partial charge in [-0.15, -0.1) is 0 Å². The van der Waals surface area contributed by atoms with E-state index < -0.39 is 38.0 Å². The van der Waals surface area contributed by atoms with Crippen LogP contribution in [0.1, 0.15) is 5.56 Å². The smallest absolute Gasteiger partial charge is 0.271 e. The molecule has 9 nitrogen and oxygen atoms in total. The second-order valence-electron chi connectivity index (χ2n) is 6.42. The summed E-state index contributed by atoms with van der Waals surface area (Å²) in [7, 11) is -4.45. The quantitative estimate of drug-likeness (QED) is 0.305. The summed E-state index contributed by atoms with van der Waals surface area (Å²) in [6.07, 6.45) is 1.35. The predicted octanol–water partition coefficient (Wildman–Crippen LogP) is 3.59. The summed E-state index contributed by atoms with van der Waals surface area (Å²) in [4.78, 5) is 22.5. The maximum atomic E-state index is 13.3. The Morgan fingerprint density at radius 2 is 1.75 bits per heavy atom. The molecule has 0 heterocycles. The molecule has 0 saturated carbocycles. The number of para-hydroxylation sites is 2. The molecule has 1 amide bonds. The summed E-state index contributed by atoms with van der Waals surface area (Å²) < 4.78 is 27.4. The van der Waals surface area contributed by atoms with Gasteiger partial charge in [-0.25, -0.2) is 13.8 Å². The van der Waals surface area contributed by atoms with Crippen LogP contribution in [0, 0.1) is 10.1 Å². The van der Waals surface area contributed by atoms with E-state index in [1.807, 2.05) is 0 Å². The van der Waals surface area contributed by atoms with Crippen molar-refractivity contribution in [3.8, 4) is 0 Å². The van der Waals surface area contributed by atoms with Crippen molar-refractivity contribution in [2.45, 2.75) is 4.90 Å². The van der Waals surface area contributed by atoms with Crippen LogP contribution in [0.3, 0.4) is 0 Å². The topological polar surface area (TPSA) is 122 Å². The van der Waals surface area contributed by atoms with E-state index in [0.717, 1.165) is 16.4 Å². The molecule has 0 aliphatic carbocycles. The third kappa shape index (κ3) is 5.48. The number of rotatable bonds is 8. The molecule has 32 heavy (non-hydrogen) atoms. The van der Waals surface area contributed by atoms with Gasteiger partial charge in [0.25, 0.3) is 21.6 Å². The molecular weight excluding hydrogens is 456 g/mol. The van der Waals surface area contributed by atoms with Gasteiger partial charge in [0.05, 0.1) is 16.8 Å². The molecule has 3 aromatic rings. The van der Waals surface area contributed by atoms with E-state index in [1.165, 1.54) is 30.5 Å². The van der Waals surface area contributed by atoms with Crippen LogP contribution in [0.2, 0.25) is 5.02 Å². The average molecular weight is 473 g/mol. The van der Waals surface area contributed by atoms with Crippen molar-refractivity contribution in [3.05, 3.63) is 99.6 Å². The molecule has 0 spiro atoms. The fourth-order valence-electron chi connectivity index (χ4n) is 2.79. The zero-order chi connectivity index (χ0) is 23.1. The summed E-state index contributed by atoms with van der Waals surface area (Å²) in [6, 6.07) is 19.5. The number of nitro benzene ring substituents is 1. The normalized spacial score (nSPS) is 11.3. The number of nitrogens with zero attached hydrogens (tertiary/aromatic N) is 3. The maximum absolute atomic E-state index is 13.3. The number of hydrogen-bond donors (Lipinski definition) is 1. The van der Waals surface area contributed by atoms with Gasteiger partial charge in [-0.1, -0.05) is 54.1 Å². The molecule has 0 atom stereocenters. The lowest BCUT2D eigenvalue weighted by molar-refractivity contribution is -0.387. The van der Waals surface area contributed by atoms with Gasteiger partial charge in [0.1, 0.15) is 6.54 Å². The number of benzene rings is 3. The number of amides is 1. The van der Waals surface area contributed by atoms with Gasteiger partial charge in [0.2, 0.25) is 0 Å². The van der Waals surface area contributed by atoms with Crippen molar-refractivity contribution in [1.29, 1.82) is 0 Å². The van der Waals surface area contributed by atoms with Gasteiger partial charge in [-0.3, -0.25) is 19.2 Å². The Morgan fingerprint density at radius 3 is 2.44 bits per heavy atom. The number of halogens is 1. The van der Waals surface area contributed by atoms with E-state index in [4.69, 9.17) is 11.6 Å². The van der Waals surface area contributed by atoms with Crippen molar-refractivity contribution in [3.63, 3.8) is 0 Å². The number of carbonyl (C=O) groups is 1. The minimum absolute atomic E-state index is 0.166. The number of hydrazone groups is 1. The molecule has 0 saturated heterocycles. The number of sulfonamides is 1. The first-order valence-electron chi connectivity index (χ1n) is 9.18. The zero-order valence-electron chi connectivity index (χ0n) is 16.5. The highest BCUT2D eigenvalue weighted by atomic mass is 35.5. The second-order valence-corrected chi connectivity index (χ2v) is 8.69. The van der Waals surface area contributed by atoms with Gasteiger partial charge in [0, 0.05) is 11.1 Å². The number of carbonyl (C=O) groups excluding carboxylic acids is 1. The van der Waals surface area contributed by atoms with E-state index >= 15 is 0 Å². The molecule has 0 aliphatic rings. The molecule has 0 radical (unpaired) electrons. The van der Waals surface area contributed by atoms with Gasteiger partial charge in [-0.05, 0) is 35.9 Å². The number of nitro groups is 1. The molecule has 1 N–H and O–H groups in total. The molecule has 0 fully saturated rings. The highest BCUT2D eigenvalue weighted by molar-refractivity contribution is 7.93. The van der Waals surface area contributed by atoms with Crippen LogP contribution in [0.25, 0.3) is 0 Å². The Bertz CT molecular complexity index is 1270. The molecule has 0 aliphatic heterocycles. The molecule has 0 unspecified atom stereocenters. The second kappa shape index (κ2) is 10.0. The molecule has 164 valence electrons. The lowest BCUT2D eigenvalue weighted by Gasteiger charge is -2.23. The van der Waals surface area contributed by atoms with Crippen LogP contribution < -0.4 is 9.73 Å². The van der Waals surface area contributed by atoms with Crippen LogP contribution >= 0.6 is 11.6 Å². The molecule has 0 aromatic heterocycles. The summed E-state index contributed by atoms with van der Waals surface area (Å²) in [5, 5.41) is 15.7. The monoisotopic (exact) mass is 472 g/mol. The Labute approximate surface area is 189 Å². The van der Waals surface area contributed by atoms with Crippen molar-refractivity contribution < 1.29 is 18.1 Å². The minimum Gasteiger partial charge on any atom is -0.271 e. The predicted molar refractivity (Wildman–Crippen MR) is 121 cm³/mol. The lowest BCUT2D eigenvalue weighted by Crippen LogP contribution is -2.39. The van der Waals surface area contributed by atoms with Crippen LogP contribution in [0.15, 0.2) is 88.9 Å². The maximum Gasteiger partial charge on any atom is 0.289 e. The zero-order valence-corrected chi connectivity index (χ0v) is 18.0. The molecule has 11 heteroatoms. The van der Waals surface area contributed by atoms with Crippen LogP contribution in [0.4, 0.5) is 11.4 Å². The van der Waals surface area contributed by atoms with E-state index in [9.17, 15) is 23.3 Å². The van der Waals surface area contributed by atoms with Crippen molar-refractivity contribution in [2.75, 3.05) is 10.8 Å². The third-order valence-electron chi connectivity index (χ3n) is 4.21. The van der Waals surface area contributed by atoms with E-state index in [0.29, 0.717) is 10.6 Å². The molecular formula is C21H17ClN4O5S. The standard InChI is InChI=1S/C21H17ClN4O5S/c22-17-8-6-7-16(13-17)14-23-24-21(27)15-25(18-9-2-1-3-10-18)32(30,31)20-12-5-4-11-19(20)26(28)29/h1-14H,15H2,(H,24,27)/b23-14+. The van der Waals surface area contributed by atoms with Gasteiger partial charge >= 0.3 is 0 Å². The van der Waals surface area contributed by atoms with Crippen molar-refractivity contribution in [2.24, 2.45) is 5.10 Å². The van der Waals surface area contributed by atoms with E-state index in [1.54, 1.807) is 42.5 Å².